The monoisotopic (exact) mass is 375 g/mol. The van der Waals surface area contributed by atoms with Crippen LogP contribution in [0.1, 0.15) is 10.4 Å². The standard InChI is InChI=1S/C21H21N5O2/c1-25-6-8-26(9-7-25)18-12-23-16-4-2-13(10-15(16)20(18)27)14-3-5-19-17(11-14)24-21(22)28-19/h2-5,10-12,18H,6-9H2,1H3,(H2,22,24). The third-order valence-corrected chi connectivity index (χ3v) is 5.55. The number of hydrogen-bond donors (Lipinski definition) is 1. The molecule has 0 saturated carbocycles. The van der Waals surface area contributed by atoms with E-state index in [1.807, 2.05) is 36.4 Å². The Morgan fingerprint density at radius 3 is 2.64 bits per heavy atom. The molecule has 2 aromatic carbocycles. The van der Waals surface area contributed by atoms with Gasteiger partial charge in [-0.15, -0.1) is 0 Å². The van der Waals surface area contributed by atoms with Crippen LogP contribution in [0.2, 0.25) is 0 Å². The quantitative estimate of drug-likeness (QED) is 0.741. The molecule has 28 heavy (non-hydrogen) atoms. The Kier molecular flexibility index (Phi) is 3.99. The van der Waals surface area contributed by atoms with E-state index in [1.165, 1.54) is 0 Å². The SMILES string of the molecule is CN1CCN(C2C=Nc3ccc(-c4ccc5oc(N)nc5c4)cc3C2=O)CC1. The fourth-order valence-corrected chi connectivity index (χ4v) is 3.89. The van der Waals surface area contributed by atoms with Crippen molar-refractivity contribution in [2.75, 3.05) is 39.0 Å². The number of nitrogen functional groups attached to an aromatic ring is 1. The molecule has 1 unspecified atom stereocenters. The van der Waals surface area contributed by atoms with Crippen molar-refractivity contribution in [2.24, 2.45) is 4.99 Å². The number of anilines is 1. The number of aliphatic imine (C=N–C) groups is 1. The highest BCUT2D eigenvalue weighted by Crippen LogP contribution is 2.32. The van der Waals surface area contributed by atoms with Crippen molar-refractivity contribution in [3.8, 4) is 11.1 Å². The van der Waals surface area contributed by atoms with Gasteiger partial charge in [-0.25, -0.2) is 0 Å². The van der Waals surface area contributed by atoms with Gasteiger partial charge in [0, 0.05) is 38.0 Å². The Hall–Kier alpha value is -3.03. The molecule has 3 heterocycles. The number of aromatic nitrogens is 1. The molecule has 2 N–H and O–H groups in total. The van der Waals surface area contributed by atoms with Gasteiger partial charge in [0.25, 0.3) is 6.01 Å². The first kappa shape index (κ1) is 17.1. The summed E-state index contributed by atoms with van der Waals surface area (Å²) in [5, 5.41) is 0. The first-order chi connectivity index (χ1) is 13.6. The van der Waals surface area contributed by atoms with Gasteiger partial charge in [0.1, 0.15) is 11.6 Å². The molecule has 1 fully saturated rings. The van der Waals surface area contributed by atoms with Gasteiger partial charge in [0.2, 0.25) is 0 Å². The second-order valence-electron chi connectivity index (χ2n) is 7.39. The maximum atomic E-state index is 13.2. The Bertz CT molecular complexity index is 1100. The number of ketones is 1. The molecule has 3 aromatic rings. The Balaban J connectivity index is 1.48. The molecule has 142 valence electrons. The fraction of sp³-hybridized carbons (Fsp3) is 0.286. The van der Waals surface area contributed by atoms with E-state index in [2.05, 4.69) is 26.8 Å². The minimum absolute atomic E-state index is 0.114. The summed E-state index contributed by atoms with van der Waals surface area (Å²) in [5.74, 6) is 0.114. The molecule has 2 aliphatic heterocycles. The summed E-state index contributed by atoms with van der Waals surface area (Å²) in [7, 11) is 2.11. The lowest BCUT2D eigenvalue weighted by Gasteiger charge is -2.36. The van der Waals surface area contributed by atoms with E-state index < -0.39 is 0 Å². The van der Waals surface area contributed by atoms with Gasteiger partial charge in [-0.05, 0) is 42.4 Å². The van der Waals surface area contributed by atoms with Gasteiger partial charge in [0.15, 0.2) is 11.4 Å². The maximum absolute atomic E-state index is 13.2. The van der Waals surface area contributed by atoms with Crippen LogP contribution in [0.25, 0.3) is 22.2 Å². The summed E-state index contributed by atoms with van der Waals surface area (Å²) >= 11 is 0. The molecule has 0 amide bonds. The average molecular weight is 375 g/mol. The summed E-state index contributed by atoms with van der Waals surface area (Å²) in [6.45, 7) is 3.67. The van der Waals surface area contributed by atoms with E-state index in [0.717, 1.165) is 43.0 Å². The maximum Gasteiger partial charge on any atom is 0.292 e. The van der Waals surface area contributed by atoms with Gasteiger partial charge in [-0.1, -0.05) is 12.1 Å². The van der Waals surface area contributed by atoms with Crippen LogP contribution >= 0.6 is 0 Å². The van der Waals surface area contributed by atoms with Crippen LogP contribution in [0.15, 0.2) is 45.8 Å². The van der Waals surface area contributed by atoms with Crippen LogP contribution in [0.3, 0.4) is 0 Å². The molecular formula is C21H21N5O2. The van der Waals surface area contributed by atoms with Gasteiger partial charge < -0.3 is 15.1 Å². The predicted molar refractivity (Wildman–Crippen MR) is 109 cm³/mol. The number of carbonyl (C=O) groups excluding carboxylic acids is 1. The second kappa shape index (κ2) is 6.54. The molecule has 1 saturated heterocycles. The smallest absolute Gasteiger partial charge is 0.292 e. The summed E-state index contributed by atoms with van der Waals surface area (Å²) in [6.07, 6.45) is 1.79. The number of nitrogens with two attached hydrogens (primary N) is 1. The molecule has 1 aromatic heterocycles. The Morgan fingerprint density at radius 2 is 1.82 bits per heavy atom. The predicted octanol–water partition coefficient (Wildman–Crippen LogP) is 2.59. The third-order valence-electron chi connectivity index (χ3n) is 5.55. The zero-order chi connectivity index (χ0) is 19.3. The largest absolute Gasteiger partial charge is 0.424 e. The topological polar surface area (TPSA) is 88.0 Å². The highest BCUT2D eigenvalue weighted by Gasteiger charge is 2.31. The summed E-state index contributed by atoms with van der Waals surface area (Å²) < 4.78 is 5.34. The minimum atomic E-state index is -0.283. The van der Waals surface area contributed by atoms with Crippen LogP contribution in [0.5, 0.6) is 0 Å². The van der Waals surface area contributed by atoms with Crippen LogP contribution in [0.4, 0.5) is 11.7 Å². The highest BCUT2D eigenvalue weighted by molar-refractivity contribution is 6.15. The van der Waals surface area contributed by atoms with Crippen molar-refractivity contribution in [3.63, 3.8) is 0 Å². The number of carbonyl (C=O) groups is 1. The van der Waals surface area contributed by atoms with Gasteiger partial charge in [-0.2, -0.15) is 4.98 Å². The van der Waals surface area contributed by atoms with Gasteiger partial charge in [0.05, 0.1) is 5.69 Å². The lowest BCUT2D eigenvalue weighted by molar-refractivity contribution is 0.0811. The fourth-order valence-electron chi connectivity index (χ4n) is 3.89. The van der Waals surface area contributed by atoms with Crippen molar-refractivity contribution in [1.29, 1.82) is 0 Å². The summed E-state index contributed by atoms with van der Waals surface area (Å²) in [6, 6.07) is 11.4. The van der Waals surface area contributed by atoms with E-state index in [4.69, 9.17) is 10.2 Å². The molecule has 0 spiro atoms. The number of likely N-dealkylation sites (N-methyl/N-ethyl adjacent to an activating group) is 1. The van der Waals surface area contributed by atoms with Crippen molar-refractivity contribution >= 4 is 34.8 Å². The van der Waals surface area contributed by atoms with E-state index in [1.54, 1.807) is 6.21 Å². The summed E-state index contributed by atoms with van der Waals surface area (Å²) in [4.78, 5) is 26.5. The highest BCUT2D eigenvalue weighted by atomic mass is 16.4. The lowest BCUT2D eigenvalue weighted by Crippen LogP contribution is -2.52. The number of hydrogen-bond acceptors (Lipinski definition) is 7. The summed E-state index contributed by atoms with van der Waals surface area (Å²) in [5.41, 5.74) is 10.3. The average Bonchev–Trinajstić information content (AvgIpc) is 3.08. The first-order valence-electron chi connectivity index (χ1n) is 9.40. The van der Waals surface area contributed by atoms with Crippen LogP contribution in [0, 0.1) is 0 Å². The number of Topliss-reactive ketones (excluding diaryl/α,β-unsaturated/α-hetero) is 1. The molecule has 1 atom stereocenters. The number of oxazole rings is 1. The molecule has 2 aliphatic rings. The Labute approximate surface area is 162 Å². The van der Waals surface area contributed by atoms with E-state index in [-0.39, 0.29) is 17.8 Å². The zero-order valence-electron chi connectivity index (χ0n) is 15.6. The van der Waals surface area contributed by atoms with Crippen LogP contribution in [-0.2, 0) is 0 Å². The van der Waals surface area contributed by atoms with E-state index in [9.17, 15) is 4.79 Å². The molecule has 0 bridgehead atoms. The Morgan fingerprint density at radius 1 is 1.07 bits per heavy atom. The molecule has 5 rings (SSSR count). The van der Waals surface area contributed by atoms with Crippen LogP contribution < -0.4 is 5.73 Å². The normalized spacial score (nSPS) is 20.6. The molecular weight excluding hydrogens is 354 g/mol. The first-order valence-corrected chi connectivity index (χ1v) is 9.40. The van der Waals surface area contributed by atoms with E-state index >= 15 is 0 Å². The number of nitrogens with zero attached hydrogens (tertiary/aromatic N) is 4. The van der Waals surface area contributed by atoms with Crippen molar-refractivity contribution in [3.05, 3.63) is 42.0 Å². The van der Waals surface area contributed by atoms with Crippen LogP contribution in [-0.4, -0.2) is 66.1 Å². The number of rotatable bonds is 2. The zero-order valence-corrected chi connectivity index (χ0v) is 15.6. The van der Waals surface area contributed by atoms with Crippen molar-refractivity contribution < 1.29 is 9.21 Å². The number of piperazine rings is 1. The van der Waals surface area contributed by atoms with Gasteiger partial charge in [-0.3, -0.25) is 14.7 Å². The van der Waals surface area contributed by atoms with Crippen molar-refractivity contribution in [1.82, 2.24) is 14.8 Å². The third kappa shape index (κ3) is 2.89. The second-order valence-corrected chi connectivity index (χ2v) is 7.39. The van der Waals surface area contributed by atoms with Crippen molar-refractivity contribution in [2.45, 2.75) is 6.04 Å². The number of benzene rings is 2. The van der Waals surface area contributed by atoms with Gasteiger partial charge >= 0.3 is 0 Å². The molecule has 0 aliphatic carbocycles. The molecule has 0 radical (unpaired) electrons. The minimum Gasteiger partial charge on any atom is -0.424 e. The molecule has 7 heteroatoms. The molecule has 7 nitrogen and oxygen atoms in total. The lowest BCUT2D eigenvalue weighted by atomic mass is 9.94. The number of fused-ring (bicyclic) bond motifs is 2. The van der Waals surface area contributed by atoms with E-state index in [0.29, 0.717) is 16.7 Å².